The summed E-state index contributed by atoms with van der Waals surface area (Å²) in [5.41, 5.74) is 0.920. The fourth-order valence-electron chi connectivity index (χ4n) is 3.11. The molecular formula is C24H31IN2O4. The Bertz CT molecular complexity index is 824. The van der Waals surface area contributed by atoms with Crippen LogP contribution in [0.2, 0.25) is 0 Å². The highest BCUT2D eigenvalue weighted by Crippen LogP contribution is 2.18. The first kappa shape index (κ1) is 25.0. The van der Waals surface area contributed by atoms with E-state index in [9.17, 15) is 9.59 Å². The molecule has 0 spiro atoms. The van der Waals surface area contributed by atoms with E-state index >= 15 is 0 Å². The second-order valence-electron chi connectivity index (χ2n) is 7.18. The number of carbonyl (C=O) groups is 2. The number of amides is 2. The zero-order valence-electron chi connectivity index (χ0n) is 18.4. The van der Waals surface area contributed by atoms with E-state index in [1.54, 1.807) is 12.0 Å². The number of nitrogens with zero attached hydrogens (tertiary/aromatic N) is 1. The highest BCUT2D eigenvalue weighted by Gasteiger charge is 2.28. The molecule has 2 amide bonds. The minimum atomic E-state index is -0.563. The van der Waals surface area contributed by atoms with E-state index in [-0.39, 0.29) is 18.4 Å². The van der Waals surface area contributed by atoms with Crippen LogP contribution in [0.3, 0.4) is 0 Å². The predicted octanol–water partition coefficient (Wildman–Crippen LogP) is 4.40. The first-order valence-corrected chi connectivity index (χ1v) is 11.6. The molecule has 1 unspecified atom stereocenters. The smallest absolute Gasteiger partial charge is 0.261 e. The maximum absolute atomic E-state index is 13.1. The summed E-state index contributed by atoms with van der Waals surface area (Å²) in [6.45, 7) is 4.78. The zero-order valence-corrected chi connectivity index (χ0v) is 20.6. The molecule has 1 N–H and O–H groups in total. The van der Waals surface area contributed by atoms with E-state index < -0.39 is 6.04 Å². The van der Waals surface area contributed by atoms with Crippen LogP contribution in [0.25, 0.3) is 0 Å². The lowest BCUT2D eigenvalue weighted by molar-refractivity contribution is -0.143. The molecule has 31 heavy (non-hydrogen) atoms. The second-order valence-corrected chi connectivity index (χ2v) is 8.43. The van der Waals surface area contributed by atoms with E-state index in [1.165, 1.54) is 0 Å². The van der Waals surface area contributed by atoms with Gasteiger partial charge in [0.15, 0.2) is 6.61 Å². The predicted molar refractivity (Wildman–Crippen MR) is 130 cm³/mol. The fourth-order valence-corrected chi connectivity index (χ4v) is 3.47. The van der Waals surface area contributed by atoms with Gasteiger partial charge in [0.05, 0.1) is 7.11 Å². The minimum absolute atomic E-state index is 0.129. The van der Waals surface area contributed by atoms with E-state index in [2.05, 4.69) is 34.8 Å². The van der Waals surface area contributed by atoms with Crippen LogP contribution in [0, 0.1) is 3.57 Å². The first-order valence-electron chi connectivity index (χ1n) is 10.6. The summed E-state index contributed by atoms with van der Waals surface area (Å²) in [5, 5.41) is 2.96. The van der Waals surface area contributed by atoms with E-state index in [4.69, 9.17) is 9.47 Å². The van der Waals surface area contributed by atoms with Crippen molar-refractivity contribution >= 4 is 34.4 Å². The number of unbranched alkanes of at least 4 members (excludes halogenated alkanes) is 1. The number of hydrogen-bond acceptors (Lipinski definition) is 4. The average Bonchev–Trinajstić information content (AvgIpc) is 2.79. The minimum Gasteiger partial charge on any atom is -0.497 e. The maximum Gasteiger partial charge on any atom is 0.261 e. The van der Waals surface area contributed by atoms with Gasteiger partial charge in [0.1, 0.15) is 17.5 Å². The number of hydrogen-bond donors (Lipinski definition) is 1. The van der Waals surface area contributed by atoms with Gasteiger partial charge in [0, 0.05) is 16.7 Å². The van der Waals surface area contributed by atoms with Gasteiger partial charge in [-0.2, -0.15) is 0 Å². The molecule has 1 atom stereocenters. The SMILES string of the molecule is CCCCNC(=O)C(CC)N(Cc1ccc(OC)cc1)C(=O)COc1ccc(I)cc1. The molecule has 168 valence electrons. The molecule has 0 heterocycles. The van der Waals surface area contributed by atoms with Crippen molar-refractivity contribution in [2.45, 2.75) is 45.7 Å². The molecule has 0 bridgehead atoms. The summed E-state index contributed by atoms with van der Waals surface area (Å²) >= 11 is 2.22. The van der Waals surface area contributed by atoms with Gasteiger partial charge in [-0.3, -0.25) is 9.59 Å². The summed E-state index contributed by atoms with van der Waals surface area (Å²) in [7, 11) is 1.61. The van der Waals surface area contributed by atoms with Crippen molar-refractivity contribution in [3.8, 4) is 11.5 Å². The molecule has 0 aliphatic carbocycles. The Labute approximate surface area is 198 Å². The van der Waals surface area contributed by atoms with Crippen LogP contribution in [0.4, 0.5) is 0 Å². The van der Waals surface area contributed by atoms with Crippen LogP contribution in [0.15, 0.2) is 48.5 Å². The molecule has 0 saturated carbocycles. The maximum atomic E-state index is 13.1. The van der Waals surface area contributed by atoms with Crippen molar-refractivity contribution in [3.05, 3.63) is 57.7 Å². The third-order valence-electron chi connectivity index (χ3n) is 4.90. The number of benzene rings is 2. The summed E-state index contributed by atoms with van der Waals surface area (Å²) in [5.74, 6) is 1.01. The fraction of sp³-hybridized carbons (Fsp3) is 0.417. The zero-order chi connectivity index (χ0) is 22.6. The van der Waals surface area contributed by atoms with Gasteiger partial charge in [0.2, 0.25) is 5.91 Å². The van der Waals surface area contributed by atoms with E-state index in [0.29, 0.717) is 25.3 Å². The van der Waals surface area contributed by atoms with Crippen LogP contribution in [0.5, 0.6) is 11.5 Å². The molecule has 0 fully saturated rings. The quantitative estimate of drug-likeness (QED) is 0.322. The molecule has 0 aliphatic heterocycles. The Kier molecular flexibility index (Phi) is 10.6. The van der Waals surface area contributed by atoms with Crippen molar-refractivity contribution in [1.29, 1.82) is 0 Å². The molecule has 7 heteroatoms. The first-order chi connectivity index (χ1) is 15.0. The lowest BCUT2D eigenvalue weighted by Gasteiger charge is -2.30. The number of ether oxygens (including phenoxy) is 2. The molecular weight excluding hydrogens is 507 g/mol. The Balaban J connectivity index is 2.16. The monoisotopic (exact) mass is 538 g/mol. The van der Waals surface area contributed by atoms with Crippen LogP contribution >= 0.6 is 22.6 Å². The Morgan fingerprint density at radius 2 is 1.68 bits per heavy atom. The second kappa shape index (κ2) is 13.2. The van der Waals surface area contributed by atoms with Gasteiger partial charge >= 0.3 is 0 Å². The summed E-state index contributed by atoms with van der Waals surface area (Å²) < 4.78 is 12.0. The van der Waals surface area contributed by atoms with Crippen LogP contribution in [-0.2, 0) is 16.1 Å². The average molecular weight is 538 g/mol. The van der Waals surface area contributed by atoms with Gasteiger partial charge in [-0.25, -0.2) is 0 Å². The number of carbonyl (C=O) groups excluding carboxylic acids is 2. The van der Waals surface area contributed by atoms with Gasteiger partial charge in [-0.05, 0) is 77.4 Å². The summed E-state index contributed by atoms with van der Waals surface area (Å²) in [4.78, 5) is 27.6. The van der Waals surface area contributed by atoms with Crippen LogP contribution in [-0.4, -0.2) is 43.0 Å². The van der Waals surface area contributed by atoms with Gasteiger partial charge in [-0.15, -0.1) is 0 Å². The van der Waals surface area contributed by atoms with Crippen molar-refractivity contribution in [1.82, 2.24) is 10.2 Å². The molecule has 0 aliphatic rings. The highest BCUT2D eigenvalue weighted by atomic mass is 127. The van der Waals surface area contributed by atoms with Crippen LogP contribution < -0.4 is 14.8 Å². The number of nitrogens with one attached hydrogen (secondary N) is 1. The Hall–Kier alpha value is -2.29. The molecule has 2 rings (SSSR count). The molecule has 0 saturated heterocycles. The highest BCUT2D eigenvalue weighted by molar-refractivity contribution is 14.1. The number of methoxy groups -OCH3 is 1. The van der Waals surface area contributed by atoms with Crippen molar-refractivity contribution in [2.75, 3.05) is 20.3 Å². The van der Waals surface area contributed by atoms with Crippen molar-refractivity contribution in [2.24, 2.45) is 0 Å². The topological polar surface area (TPSA) is 67.9 Å². The largest absolute Gasteiger partial charge is 0.497 e. The van der Waals surface area contributed by atoms with Crippen LogP contribution in [0.1, 0.15) is 38.7 Å². The summed E-state index contributed by atoms with van der Waals surface area (Å²) in [6.07, 6.45) is 2.42. The van der Waals surface area contributed by atoms with E-state index in [0.717, 1.165) is 27.7 Å². The van der Waals surface area contributed by atoms with Gasteiger partial charge < -0.3 is 19.7 Å². The molecule has 2 aromatic carbocycles. The molecule has 6 nitrogen and oxygen atoms in total. The number of halogens is 1. The number of rotatable bonds is 12. The summed E-state index contributed by atoms with van der Waals surface area (Å²) in [6, 6.07) is 14.4. The molecule has 0 radical (unpaired) electrons. The van der Waals surface area contributed by atoms with Crippen molar-refractivity contribution in [3.63, 3.8) is 0 Å². The normalized spacial score (nSPS) is 11.5. The van der Waals surface area contributed by atoms with Gasteiger partial charge in [0.25, 0.3) is 5.91 Å². The third-order valence-corrected chi connectivity index (χ3v) is 5.62. The standard InChI is InChI=1S/C24H31IN2O4/c1-4-6-15-26-24(29)22(5-2)27(16-18-7-11-20(30-3)12-8-18)23(28)17-31-21-13-9-19(25)10-14-21/h7-14,22H,4-6,15-17H2,1-3H3,(H,26,29). The lowest BCUT2D eigenvalue weighted by atomic mass is 10.1. The van der Waals surface area contributed by atoms with E-state index in [1.807, 2.05) is 55.5 Å². The Morgan fingerprint density at radius 1 is 1.03 bits per heavy atom. The molecule has 0 aromatic heterocycles. The third kappa shape index (κ3) is 8.05. The lowest BCUT2D eigenvalue weighted by Crippen LogP contribution is -2.50. The van der Waals surface area contributed by atoms with Crippen molar-refractivity contribution < 1.29 is 19.1 Å². The van der Waals surface area contributed by atoms with Gasteiger partial charge in [-0.1, -0.05) is 32.4 Å². The Morgan fingerprint density at radius 3 is 2.26 bits per heavy atom. The molecule has 2 aromatic rings.